The molecule has 1 aromatic heterocycles. The fourth-order valence-electron chi connectivity index (χ4n) is 3.68. The summed E-state index contributed by atoms with van der Waals surface area (Å²) in [6.45, 7) is 1.58. The summed E-state index contributed by atoms with van der Waals surface area (Å²) in [5.74, 6) is 0. The van der Waals surface area contributed by atoms with E-state index in [9.17, 15) is 34.8 Å². The molecule has 1 fully saturated rings. The van der Waals surface area contributed by atoms with E-state index in [0.717, 1.165) is 30.3 Å². The first-order valence-corrected chi connectivity index (χ1v) is 10.9. The van der Waals surface area contributed by atoms with E-state index in [1.165, 1.54) is 0 Å². The van der Waals surface area contributed by atoms with Gasteiger partial charge >= 0.3 is 12.4 Å². The molecule has 170 valence electrons. The van der Waals surface area contributed by atoms with Gasteiger partial charge in [0.05, 0.1) is 26.5 Å². The predicted octanol–water partition coefficient (Wildman–Crippen LogP) is 5.59. The Bertz CT molecular complexity index is 1030. The minimum absolute atomic E-state index is 0.0284. The number of halogens is 6. The van der Waals surface area contributed by atoms with Gasteiger partial charge in [-0.1, -0.05) is 13.0 Å². The third-order valence-corrected chi connectivity index (χ3v) is 8.24. The normalized spacial score (nSPS) is 23.0. The maximum Gasteiger partial charge on any atom is 0.417 e. The number of nitrogens with zero attached hydrogens (tertiary/aromatic N) is 1. The third-order valence-electron chi connectivity index (χ3n) is 5.56. The minimum Gasteiger partial charge on any atom is -0.372 e. The van der Waals surface area contributed by atoms with Gasteiger partial charge in [-0.15, -0.1) is 0 Å². The number of alkyl halides is 6. The van der Waals surface area contributed by atoms with Crippen LogP contribution < -0.4 is 0 Å². The molecular weight excluding hydrogens is 448 g/mol. The highest BCUT2D eigenvalue weighted by atomic mass is 32.2. The second kappa shape index (κ2) is 8.09. The van der Waals surface area contributed by atoms with Crippen molar-refractivity contribution in [2.75, 3.05) is 6.61 Å². The monoisotopic (exact) mass is 467 g/mol. The van der Waals surface area contributed by atoms with E-state index in [1.807, 2.05) is 0 Å². The fraction of sp³-hybridized carbons (Fsp3) is 0.450. The van der Waals surface area contributed by atoms with E-state index in [-0.39, 0.29) is 31.6 Å². The summed E-state index contributed by atoms with van der Waals surface area (Å²) in [6, 6.07) is 5.49. The molecule has 2 aromatic rings. The number of rotatable bonds is 4. The van der Waals surface area contributed by atoms with Crippen molar-refractivity contribution in [1.82, 2.24) is 4.98 Å². The first-order valence-electron chi connectivity index (χ1n) is 9.37. The van der Waals surface area contributed by atoms with Gasteiger partial charge in [-0.3, -0.25) is 4.98 Å². The Morgan fingerprint density at radius 2 is 1.74 bits per heavy atom. The zero-order valence-electron chi connectivity index (χ0n) is 16.3. The predicted molar refractivity (Wildman–Crippen MR) is 98.8 cm³/mol. The Kier molecular flexibility index (Phi) is 6.13. The molecule has 1 unspecified atom stereocenters. The van der Waals surface area contributed by atoms with Crippen LogP contribution in [0.3, 0.4) is 0 Å². The molecule has 0 bridgehead atoms. The van der Waals surface area contributed by atoms with E-state index in [2.05, 4.69) is 4.98 Å². The average molecular weight is 467 g/mol. The standard InChI is InChI=1S/C20H19F6NO3S/c1-2-18(31(28,29)15-5-3-4-13(10-15)19(21,22)23)8-9-30-17(11-18)16-7-6-14(12-27-16)20(24,25)26/h3-7,10,12,17H,2,8-9,11H2,1H3/t17-,18?/m1/s1. The zero-order valence-corrected chi connectivity index (χ0v) is 17.1. The third kappa shape index (κ3) is 4.57. The molecule has 1 aliphatic rings. The minimum atomic E-state index is -4.70. The summed E-state index contributed by atoms with van der Waals surface area (Å²) >= 11 is 0. The van der Waals surface area contributed by atoms with Crippen LogP contribution in [0, 0.1) is 0 Å². The lowest BCUT2D eigenvalue weighted by Gasteiger charge is -2.39. The fourth-order valence-corrected chi connectivity index (χ4v) is 5.83. The van der Waals surface area contributed by atoms with Crippen LogP contribution in [0.15, 0.2) is 47.5 Å². The van der Waals surface area contributed by atoms with Crippen molar-refractivity contribution in [2.45, 2.75) is 54.3 Å². The summed E-state index contributed by atoms with van der Waals surface area (Å²) in [6.07, 6.45) is -9.54. The van der Waals surface area contributed by atoms with E-state index in [4.69, 9.17) is 4.74 Å². The SMILES string of the molecule is CCC1(S(=O)(=O)c2cccc(C(F)(F)F)c2)CCO[C@@H](c2ccc(C(F)(F)F)cn2)C1. The van der Waals surface area contributed by atoms with Crippen molar-refractivity contribution in [1.29, 1.82) is 0 Å². The first kappa shape index (κ1) is 23.5. The van der Waals surface area contributed by atoms with Crippen molar-refractivity contribution in [3.05, 3.63) is 59.4 Å². The van der Waals surface area contributed by atoms with Crippen LogP contribution in [0.1, 0.15) is 49.1 Å². The number of hydrogen-bond acceptors (Lipinski definition) is 4. The summed E-state index contributed by atoms with van der Waals surface area (Å²) in [5.41, 5.74) is -1.90. The van der Waals surface area contributed by atoms with Gasteiger partial charge in [-0.25, -0.2) is 8.42 Å². The highest BCUT2D eigenvalue weighted by Gasteiger charge is 2.48. The topological polar surface area (TPSA) is 56.3 Å². The molecule has 0 radical (unpaired) electrons. The molecule has 11 heteroatoms. The molecule has 0 spiro atoms. The van der Waals surface area contributed by atoms with Crippen molar-refractivity contribution in [2.24, 2.45) is 0 Å². The van der Waals surface area contributed by atoms with E-state index in [1.54, 1.807) is 6.92 Å². The number of pyridine rings is 1. The molecule has 3 rings (SSSR count). The van der Waals surface area contributed by atoms with Gasteiger partial charge in [-0.2, -0.15) is 26.3 Å². The maximum absolute atomic E-state index is 13.4. The molecule has 0 aliphatic carbocycles. The van der Waals surface area contributed by atoms with Crippen molar-refractivity contribution in [3.63, 3.8) is 0 Å². The Morgan fingerprint density at radius 1 is 1.06 bits per heavy atom. The largest absolute Gasteiger partial charge is 0.417 e. The van der Waals surface area contributed by atoms with Crippen LogP contribution in [0.25, 0.3) is 0 Å². The van der Waals surface area contributed by atoms with Gasteiger partial charge in [0.25, 0.3) is 0 Å². The highest BCUT2D eigenvalue weighted by molar-refractivity contribution is 7.92. The second-order valence-corrected chi connectivity index (χ2v) is 9.69. The molecule has 1 aliphatic heterocycles. The Labute approximate surface area is 175 Å². The molecule has 1 saturated heterocycles. The van der Waals surface area contributed by atoms with Gasteiger partial charge in [0.1, 0.15) is 6.10 Å². The maximum atomic E-state index is 13.4. The lowest BCUT2D eigenvalue weighted by molar-refractivity contribution is -0.138. The Hall–Kier alpha value is -2.14. The smallest absolute Gasteiger partial charge is 0.372 e. The number of aromatic nitrogens is 1. The average Bonchev–Trinajstić information content (AvgIpc) is 2.72. The first-order chi connectivity index (χ1) is 14.3. The van der Waals surface area contributed by atoms with Crippen LogP contribution >= 0.6 is 0 Å². The van der Waals surface area contributed by atoms with Gasteiger partial charge in [0.15, 0.2) is 9.84 Å². The Morgan fingerprint density at radius 3 is 2.29 bits per heavy atom. The summed E-state index contributed by atoms with van der Waals surface area (Å²) in [5, 5.41) is 0. The molecule has 2 atom stereocenters. The van der Waals surface area contributed by atoms with E-state index >= 15 is 0 Å². The van der Waals surface area contributed by atoms with Crippen LogP contribution in [-0.2, 0) is 26.9 Å². The molecule has 2 heterocycles. The lowest BCUT2D eigenvalue weighted by Crippen LogP contribution is -2.44. The van der Waals surface area contributed by atoms with Gasteiger partial charge in [0.2, 0.25) is 0 Å². The number of hydrogen-bond donors (Lipinski definition) is 0. The van der Waals surface area contributed by atoms with Crippen LogP contribution in [0.4, 0.5) is 26.3 Å². The number of benzene rings is 1. The summed E-state index contributed by atoms with van der Waals surface area (Å²) in [4.78, 5) is 3.33. The molecule has 0 N–H and O–H groups in total. The molecular formula is C20H19F6NO3S. The van der Waals surface area contributed by atoms with Crippen molar-refractivity contribution < 1.29 is 39.5 Å². The van der Waals surface area contributed by atoms with Crippen LogP contribution in [-0.4, -0.2) is 24.8 Å². The summed E-state index contributed by atoms with van der Waals surface area (Å²) in [7, 11) is -4.22. The van der Waals surface area contributed by atoms with Crippen molar-refractivity contribution >= 4 is 9.84 Å². The van der Waals surface area contributed by atoms with Gasteiger partial charge < -0.3 is 4.74 Å². The number of sulfone groups is 1. The van der Waals surface area contributed by atoms with Gasteiger partial charge in [0, 0.05) is 12.8 Å². The molecule has 31 heavy (non-hydrogen) atoms. The van der Waals surface area contributed by atoms with E-state index < -0.39 is 49.1 Å². The summed E-state index contributed by atoms with van der Waals surface area (Å²) < 4.78 is 108. The quantitative estimate of drug-likeness (QED) is 0.550. The molecule has 0 saturated carbocycles. The Balaban J connectivity index is 1.95. The van der Waals surface area contributed by atoms with Gasteiger partial charge in [-0.05, 0) is 49.6 Å². The molecule has 0 amide bonds. The van der Waals surface area contributed by atoms with E-state index in [0.29, 0.717) is 12.3 Å². The number of ether oxygens (including phenoxy) is 1. The molecule has 1 aromatic carbocycles. The zero-order chi connectivity index (χ0) is 23.1. The van der Waals surface area contributed by atoms with Crippen LogP contribution in [0.2, 0.25) is 0 Å². The van der Waals surface area contributed by atoms with Crippen molar-refractivity contribution in [3.8, 4) is 0 Å². The highest BCUT2D eigenvalue weighted by Crippen LogP contribution is 2.44. The second-order valence-electron chi connectivity index (χ2n) is 7.35. The van der Waals surface area contributed by atoms with Crippen LogP contribution in [0.5, 0.6) is 0 Å². The lowest BCUT2D eigenvalue weighted by atomic mass is 9.90. The molecule has 4 nitrogen and oxygen atoms in total.